The van der Waals surface area contributed by atoms with Gasteiger partial charge in [0, 0.05) is 16.8 Å². The lowest BCUT2D eigenvalue weighted by molar-refractivity contribution is 0.465. The summed E-state index contributed by atoms with van der Waals surface area (Å²) in [6.45, 7) is 0. The second kappa shape index (κ2) is 2.92. The van der Waals surface area contributed by atoms with Crippen LogP contribution in [0, 0.1) is 0 Å². The Bertz CT molecular complexity index is 164. The largest absolute Gasteiger partial charge is 0.360 e. The van der Waals surface area contributed by atoms with Gasteiger partial charge >= 0.3 is 0 Å². The van der Waals surface area contributed by atoms with E-state index in [4.69, 9.17) is 11.6 Å². The van der Waals surface area contributed by atoms with Gasteiger partial charge in [-0.2, -0.15) is 0 Å². The van der Waals surface area contributed by atoms with E-state index >= 15 is 0 Å². The molecule has 0 spiro atoms. The number of rotatable bonds is 0. The summed E-state index contributed by atoms with van der Waals surface area (Å²) >= 11 is 8.15. The van der Waals surface area contributed by atoms with Crippen molar-refractivity contribution in [3.63, 3.8) is 0 Å². The van der Waals surface area contributed by atoms with Gasteiger partial charge in [0.05, 0.1) is 0 Å². The van der Waals surface area contributed by atoms with Crippen LogP contribution in [-0.2, 0) is 0 Å². The number of hydrogen-bond donors (Lipinski definition) is 0. The van der Waals surface area contributed by atoms with Crippen molar-refractivity contribution in [2.45, 2.75) is 5.50 Å². The van der Waals surface area contributed by atoms with Crippen molar-refractivity contribution in [3.8, 4) is 0 Å². The molecule has 3 heteroatoms. The van der Waals surface area contributed by atoms with Crippen molar-refractivity contribution in [1.82, 2.24) is 4.90 Å². The van der Waals surface area contributed by atoms with E-state index in [1.165, 1.54) is 3.58 Å². The quantitative estimate of drug-likeness (QED) is 0.365. The Morgan fingerprint density at radius 2 is 2.44 bits per heavy atom. The molecule has 1 aliphatic heterocycles. The molecule has 1 rings (SSSR count). The molecule has 0 amide bonds. The Morgan fingerprint density at radius 1 is 1.78 bits per heavy atom. The van der Waals surface area contributed by atoms with E-state index in [2.05, 4.69) is 22.6 Å². The Kier molecular flexibility index (Phi) is 2.41. The summed E-state index contributed by atoms with van der Waals surface area (Å²) in [6.07, 6.45) is 5.96. The summed E-state index contributed by atoms with van der Waals surface area (Å²) in [5.74, 6) is 0. The van der Waals surface area contributed by atoms with Crippen LogP contribution < -0.4 is 0 Å². The summed E-state index contributed by atoms with van der Waals surface area (Å²) in [5.41, 5.74) is 0.0376. The zero-order valence-electron chi connectivity index (χ0n) is 5.01. The van der Waals surface area contributed by atoms with Crippen LogP contribution in [0.15, 0.2) is 21.9 Å². The number of alkyl halides is 1. The first-order valence-corrected chi connectivity index (χ1v) is 4.13. The van der Waals surface area contributed by atoms with Crippen LogP contribution in [0.3, 0.4) is 0 Å². The predicted octanol–water partition coefficient (Wildman–Crippen LogP) is 2.33. The topological polar surface area (TPSA) is 3.24 Å². The molecule has 1 heterocycles. The van der Waals surface area contributed by atoms with Crippen molar-refractivity contribution in [1.29, 1.82) is 0 Å². The predicted molar refractivity (Wildman–Crippen MR) is 48.6 cm³/mol. The average molecular weight is 255 g/mol. The number of hydrogen-bond acceptors (Lipinski definition) is 1. The Morgan fingerprint density at radius 3 is 2.89 bits per heavy atom. The van der Waals surface area contributed by atoms with Crippen LogP contribution in [0.1, 0.15) is 0 Å². The highest BCUT2D eigenvalue weighted by Gasteiger charge is 2.12. The zero-order chi connectivity index (χ0) is 6.85. The van der Waals surface area contributed by atoms with Crippen molar-refractivity contribution in [2.75, 3.05) is 7.05 Å². The minimum absolute atomic E-state index is 0.0376. The van der Waals surface area contributed by atoms with Crippen molar-refractivity contribution in [3.05, 3.63) is 21.9 Å². The lowest BCUT2D eigenvalue weighted by Gasteiger charge is -2.22. The first-order chi connectivity index (χ1) is 4.22. The first kappa shape index (κ1) is 7.41. The molecule has 0 aromatic heterocycles. The fourth-order valence-corrected chi connectivity index (χ4v) is 1.40. The second-order valence-electron chi connectivity index (χ2n) is 1.89. The maximum atomic E-state index is 5.92. The molecule has 1 unspecified atom stereocenters. The van der Waals surface area contributed by atoms with Crippen molar-refractivity contribution < 1.29 is 0 Å². The number of allylic oxidation sites excluding steroid dienone is 2. The van der Waals surface area contributed by atoms with E-state index in [0.717, 1.165) is 0 Å². The minimum atomic E-state index is 0.0376. The monoisotopic (exact) mass is 255 g/mol. The van der Waals surface area contributed by atoms with Gasteiger partial charge in [-0.25, -0.2) is 0 Å². The summed E-state index contributed by atoms with van der Waals surface area (Å²) in [6, 6.07) is 0. The maximum absolute atomic E-state index is 5.92. The molecule has 50 valence electrons. The number of likely N-dealkylation sites (N-methyl/N-ethyl adjacent to an activating group) is 1. The van der Waals surface area contributed by atoms with Gasteiger partial charge in [0.15, 0.2) is 0 Å². The van der Waals surface area contributed by atoms with Crippen LogP contribution in [-0.4, -0.2) is 17.4 Å². The first-order valence-electron chi connectivity index (χ1n) is 2.61. The molecule has 0 aromatic rings. The van der Waals surface area contributed by atoms with Gasteiger partial charge < -0.3 is 4.90 Å². The highest BCUT2D eigenvalue weighted by Crippen LogP contribution is 2.23. The molecule has 0 aromatic carbocycles. The lowest BCUT2D eigenvalue weighted by atomic mass is 10.4. The third-order valence-electron chi connectivity index (χ3n) is 1.16. The Hall–Kier alpha value is 0.300. The van der Waals surface area contributed by atoms with Gasteiger partial charge in [-0.1, -0.05) is 11.6 Å². The standard InChI is InChI=1S/C6H7ClIN/c1-9-4-2-3-5(8)6(9)7/h2-4,6H,1H3. The van der Waals surface area contributed by atoms with Crippen LogP contribution in [0.5, 0.6) is 0 Å². The smallest absolute Gasteiger partial charge is 0.134 e. The second-order valence-corrected chi connectivity index (χ2v) is 3.55. The third kappa shape index (κ3) is 1.61. The maximum Gasteiger partial charge on any atom is 0.134 e. The molecule has 0 saturated heterocycles. The molecule has 0 bridgehead atoms. The van der Waals surface area contributed by atoms with E-state index in [1.807, 2.05) is 30.3 Å². The van der Waals surface area contributed by atoms with E-state index in [9.17, 15) is 0 Å². The third-order valence-corrected chi connectivity index (χ3v) is 3.02. The van der Waals surface area contributed by atoms with Crippen LogP contribution in [0.4, 0.5) is 0 Å². The van der Waals surface area contributed by atoms with Gasteiger partial charge in [0.1, 0.15) is 5.50 Å². The molecule has 0 fully saturated rings. The summed E-state index contributed by atoms with van der Waals surface area (Å²) in [7, 11) is 1.96. The van der Waals surface area contributed by atoms with Gasteiger partial charge in [-0.05, 0) is 34.7 Å². The normalized spacial score (nSPS) is 26.3. The van der Waals surface area contributed by atoms with Gasteiger partial charge in [-0.3, -0.25) is 0 Å². The molecule has 1 nitrogen and oxygen atoms in total. The zero-order valence-corrected chi connectivity index (χ0v) is 7.93. The molecular weight excluding hydrogens is 248 g/mol. The summed E-state index contributed by atoms with van der Waals surface area (Å²) < 4.78 is 1.17. The average Bonchev–Trinajstić information content (AvgIpc) is 1.83. The Labute approximate surface area is 73.5 Å². The summed E-state index contributed by atoms with van der Waals surface area (Å²) in [4.78, 5) is 1.96. The van der Waals surface area contributed by atoms with Crippen molar-refractivity contribution in [2.24, 2.45) is 0 Å². The van der Waals surface area contributed by atoms with Gasteiger partial charge in [0.25, 0.3) is 0 Å². The van der Waals surface area contributed by atoms with E-state index < -0.39 is 0 Å². The van der Waals surface area contributed by atoms with Crippen LogP contribution >= 0.6 is 34.2 Å². The van der Waals surface area contributed by atoms with Gasteiger partial charge in [-0.15, -0.1) is 0 Å². The molecule has 0 radical (unpaired) electrons. The SMILES string of the molecule is CN1C=CC=C(I)C1Cl. The molecule has 9 heavy (non-hydrogen) atoms. The van der Waals surface area contributed by atoms with E-state index in [1.54, 1.807) is 0 Å². The van der Waals surface area contributed by atoms with Crippen LogP contribution in [0.25, 0.3) is 0 Å². The van der Waals surface area contributed by atoms with Gasteiger partial charge in [0.2, 0.25) is 0 Å². The molecule has 0 N–H and O–H groups in total. The fourth-order valence-electron chi connectivity index (χ4n) is 0.620. The highest BCUT2D eigenvalue weighted by molar-refractivity contribution is 14.1. The lowest BCUT2D eigenvalue weighted by Crippen LogP contribution is -2.23. The van der Waals surface area contributed by atoms with E-state index in [-0.39, 0.29) is 5.50 Å². The minimum Gasteiger partial charge on any atom is -0.360 e. The fraction of sp³-hybridized carbons (Fsp3) is 0.333. The van der Waals surface area contributed by atoms with E-state index in [0.29, 0.717) is 0 Å². The molecule has 0 aliphatic carbocycles. The molecular formula is C6H7ClIN. The number of nitrogens with zero attached hydrogens (tertiary/aromatic N) is 1. The molecule has 1 aliphatic rings. The molecule has 1 atom stereocenters. The van der Waals surface area contributed by atoms with Crippen molar-refractivity contribution >= 4 is 34.2 Å². The van der Waals surface area contributed by atoms with Crippen LogP contribution in [0.2, 0.25) is 0 Å². The summed E-state index contributed by atoms with van der Waals surface area (Å²) in [5, 5.41) is 0. The Balaban J connectivity index is 2.73. The molecule has 0 saturated carbocycles. The highest BCUT2D eigenvalue weighted by atomic mass is 127. The number of halogens is 2.